The molecule has 3 heteroatoms. The van der Waals surface area contributed by atoms with Crippen LogP contribution in [0.15, 0.2) is 28.9 Å². The molecule has 1 aromatic heterocycles. The Hall–Kier alpha value is -0.800. The highest BCUT2D eigenvalue weighted by Gasteiger charge is 2.04. The number of aryl methyl sites for hydroxylation is 1. The predicted octanol–water partition coefficient (Wildman–Crippen LogP) is 3.21. The van der Waals surface area contributed by atoms with E-state index < -0.39 is 0 Å². The molecule has 0 saturated carbocycles. The van der Waals surface area contributed by atoms with E-state index in [0.717, 1.165) is 17.3 Å². The van der Waals surface area contributed by atoms with Crippen LogP contribution in [-0.2, 0) is 6.42 Å². The molecule has 0 aliphatic carbocycles. The first-order valence-corrected chi connectivity index (χ1v) is 5.97. The van der Waals surface area contributed by atoms with Crippen LogP contribution in [0.2, 0.25) is 0 Å². The van der Waals surface area contributed by atoms with Crippen molar-refractivity contribution >= 4 is 26.8 Å². The van der Waals surface area contributed by atoms with Crippen LogP contribution in [0.1, 0.15) is 18.9 Å². The van der Waals surface area contributed by atoms with Gasteiger partial charge in [0.1, 0.15) is 0 Å². The number of nitrogens with two attached hydrogens (primary N) is 1. The third-order valence-electron chi connectivity index (χ3n) is 2.60. The number of aromatic nitrogens is 1. The van der Waals surface area contributed by atoms with E-state index in [1.54, 1.807) is 0 Å². The second-order valence-corrected chi connectivity index (χ2v) is 4.94. The maximum absolute atomic E-state index is 5.76. The van der Waals surface area contributed by atoms with Gasteiger partial charge >= 0.3 is 0 Å². The molecule has 0 radical (unpaired) electrons. The van der Waals surface area contributed by atoms with Crippen molar-refractivity contribution in [3.8, 4) is 0 Å². The van der Waals surface area contributed by atoms with Crippen LogP contribution in [0, 0.1) is 0 Å². The van der Waals surface area contributed by atoms with E-state index in [1.165, 1.54) is 16.5 Å². The van der Waals surface area contributed by atoms with Gasteiger partial charge in [-0.25, -0.2) is 0 Å². The maximum Gasteiger partial charge on any atom is 0.0468 e. The van der Waals surface area contributed by atoms with Crippen LogP contribution in [0.4, 0.5) is 0 Å². The first-order valence-electron chi connectivity index (χ1n) is 5.18. The second-order valence-electron chi connectivity index (χ2n) is 4.02. The summed E-state index contributed by atoms with van der Waals surface area (Å²) in [5.74, 6) is 0. The van der Waals surface area contributed by atoms with E-state index in [9.17, 15) is 0 Å². The van der Waals surface area contributed by atoms with Gasteiger partial charge in [-0.2, -0.15) is 0 Å². The standard InChI is InChI=1S/C12H15BrN2/c1-8(14)2-3-9-7-15-12-6-10(13)4-5-11(9)12/h4-8,15H,2-3,14H2,1H3. The number of halogens is 1. The van der Waals surface area contributed by atoms with Crippen molar-refractivity contribution in [2.75, 3.05) is 0 Å². The average Bonchev–Trinajstić information content (AvgIpc) is 2.57. The van der Waals surface area contributed by atoms with Crippen LogP contribution >= 0.6 is 15.9 Å². The molecule has 15 heavy (non-hydrogen) atoms. The Balaban J connectivity index is 2.29. The lowest BCUT2D eigenvalue weighted by molar-refractivity contribution is 0.668. The van der Waals surface area contributed by atoms with E-state index in [1.807, 2.05) is 6.92 Å². The normalized spacial score (nSPS) is 13.3. The van der Waals surface area contributed by atoms with Gasteiger partial charge in [0.05, 0.1) is 0 Å². The fourth-order valence-electron chi connectivity index (χ4n) is 1.75. The van der Waals surface area contributed by atoms with Gasteiger partial charge < -0.3 is 10.7 Å². The van der Waals surface area contributed by atoms with E-state index >= 15 is 0 Å². The van der Waals surface area contributed by atoms with Gasteiger partial charge in [0.25, 0.3) is 0 Å². The van der Waals surface area contributed by atoms with Crippen molar-refractivity contribution in [1.82, 2.24) is 4.98 Å². The third-order valence-corrected chi connectivity index (χ3v) is 3.09. The Labute approximate surface area is 98.0 Å². The fourth-order valence-corrected chi connectivity index (χ4v) is 2.11. The van der Waals surface area contributed by atoms with Gasteiger partial charge in [-0.15, -0.1) is 0 Å². The zero-order valence-corrected chi connectivity index (χ0v) is 10.3. The molecule has 2 nitrogen and oxygen atoms in total. The SMILES string of the molecule is CC(N)CCc1c[nH]c2cc(Br)ccc12. The summed E-state index contributed by atoms with van der Waals surface area (Å²) < 4.78 is 1.11. The van der Waals surface area contributed by atoms with Gasteiger partial charge in [-0.1, -0.05) is 22.0 Å². The minimum atomic E-state index is 0.269. The minimum absolute atomic E-state index is 0.269. The quantitative estimate of drug-likeness (QED) is 0.880. The monoisotopic (exact) mass is 266 g/mol. The van der Waals surface area contributed by atoms with Crippen molar-refractivity contribution in [1.29, 1.82) is 0 Å². The highest BCUT2D eigenvalue weighted by atomic mass is 79.9. The van der Waals surface area contributed by atoms with Crippen molar-refractivity contribution < 1.29 is 0 Å². The number of nitrogens with one attached hydrogen (secondary N) is 1. The Bertz CT molecular complexity index is 460. The molecule has 0 spiro atoms. The van der Waals surface area contributed by atoms with Crippen LogP contribution in [0.3, 0.4) is 0 Å². The fraction of sp³-hybridized carbons (Fsp3) is 0.333. The minimum Gasteiger partial charge on any atom is -0.361 e. The lowest BCUT2D eigenvalue weighted by atomic mass is 10.1. The second kappa shape index (κ2) is 4.37. The highest BCUT2D eigenvalue weighted by molar-refractivity contribution is 9.10. The Morgan fingerprint density at radius 2 is 2.27 bits per heavy atom. The number of hydrogen-bond acceptors (Lipinski definition) is 1. The van der Waals surface area contributed by atoms with E-state index in [4.69, 9.17) is 5.73 Å². The number of fused-ring (bicyclic) bond motifs is 1. The summed E-state index contributed by atoms with van der Waals surface area (Å²) in [6, 6.07) is 6.59. The van der Waals surface area contributed by atoms with E-state index in [-0.39, 0.29) is 6.04 Å². The zero-order chi connectivity index (χ0) is 10.8. The van der Waals surface area contributed by atoms with Gasteiger partial charge in [-0.05, 0) is 37.5 Å². The molecular weight excluding hydrogens is 252 g/mol. The first kappa shape index (κ1) is 10.7. The average molecular weight is 267 g/mol. The number of hydrogen-bond donors (Lipinski definition) is 2. The molecule has 0 bridgehead atoms. The molecule has 1 heterocycles. The smallest absolute Gasteiger partial charge is 0.0468 e. The molecule has 1 atom stereocenters. The molecule has 0 aliphatic heterocycles. The number of aromatic amines is 1. The van der Waals surface area contributed by atoms with Crippen LogP contribution in [-0.4, -0.2) is 11.0 Å². The van der Waals surface area contributed by atoms with E-state index in [2.05, 4.69) is 45.3 Å². The first-order chi connectivity index (χ1) is 7.16. The number of benzene rings is 1. The molecule has 2 aromatic rings. The Morgan fingerprint density at radius 1 is 1.47 bits per heavy atom. The Kier molecular flexibility index (Phi) is 3.12. The molecule has 80 valence electrons. The molecule has 0 saturated heterocycles. The molecule has 1 aromatic carbocycles. The predicted molar refractivity (Wildman–Crippen MR) is 68.0 cm³/mol. The largest absolute Gasteiger partial charge is 0.361 e. The van der Waals surface area contributed by atoms with Crippen LogP contribution in [0.5, 0.6) is 0 Å². The summed E-state index contributed by atoms with van der Waals surface area (Å²) in [5.41, 5.74) is 8.30. The van der Waals surface area contributed by atoms with Crippen LogP contribution < -0.4 is 5.73 Å². The number of H-pyrrole nitrogens is 1. The third kappa shape index (κ3) is 2.41. The Morgan fingerprint density at radius 3 is 3.00 bits per heavy atom. The molecule has 2 rings (SSSR count). The van der Waals surface area contributed by atoms with Gasteiger partial charge in [0, 0.05) is 27.6 Å². The summed E-state index contributed by atoms with van der Waals surface area (Å²) in [4.78, 5) is 3.28. The van der Waals surface area contributed by atoms with Crippen LogP contribution in [0.25, 0.3) is 10.9 Å². The number of rotatable bonds is 3. The van der Waals surface area contributed by atoms with Gasteiger partial charge in [-0.3, -0.25) is 0 Å². The lowest BCUT2D eigenvalue weighted by Gasteiger charge is -2.03. The lowest BCUT2D eigenvalue weighted by Crippen LogP contribution is -2.15. The van der Waals surface area contributed by atoms with Gasteiger partial charge in [0.15, 0.2) is 0 Å². The molecule has 0 fully saturated rings. The van der Waals surface area contributed by atoms with Crippen molar-refractivity contribution in [3.63, 3.8) is 0 Å². The molecule has 1 unspecified atom stereocenters. The summed E-state index contributed by atoms with van der Waals surface area (Å²) in [7, 11) is 0. The molecule has 0 aliphatic rings. The molecular formula is C12H15BrN2. The molecule has 3 N–H and O–H groups in total. The highest BCUT2D eigenvalue weighted by Crippen LogP contribution is 2.23. The maximum atomic E-state index is 5.76. The van der Waals surface area contributed by atoms with Crippen molar-refractivity contribution in [2.24, 2.45) is 5.73 Å². The van der Waals surface area contributed by atoms with Gasteiger partial charge in [0.2, 0.25) is 0 Å². The van der Waals surface area contributed by atoms with Crippen molar-refractivity contribution in [2.45, 2.75) is 25.8 Å². The summed E-state index contributed by atoms with van der Waals surface area (Å²) in [6.45, 7) is 2.05. The summed E-state index contributed by atoms with van der Waals surface area (Å²) >= 11 is 3.46. The summed E-state index contributed by atoms with van der Waals surface area (Å²) in [5, 5.41) is 1.30. The topological polar surface area (TPSA) is 41.8 Å². The van der Waals surface area contributed by atoms with E-state index in [0.29, 0.717) is 0 Å². The van der Waals surface area contributed by atoms with Crippen molar-refractivity contribution in [3.05, 3.63) is 34.4 Å². The summed E-state index contributed by atoms with van der Waals surface area (Å²) in [6.07, 6.45) is 4.15. The molecule has 0 amide bonds. The zero-order valence-electron chi connectivity index (χ0n) is 8.76.